The number of benzene rings is 3. The zero-order valence-corrected chi connectivity index (χ0v) is 18.1. The monoisotopic (exact) mass is 470 g/mol. The lowest BCUT2D eigenvalue weighted by atomic mass is 10.0. The highest BCUT2D eigenvalue weighted by molar-refractivity contribution is 9.10. The standard InChI is InChI=1S/C25H19BrN4O/c26-19-13-11-17(12-14-19)22-15-23(18-7-3-1-4-8-18)30-24(29-22)21(16-27-30)25(31)28-20-9-5-2-6-10-20/h1-16,23,29H,(H,28,31)/t23-/m1/s1. The maximum atomic E-state index is 13.0. The zero-order valence-electron chi connectivity index (χ0n) is 16.5. The molecule has 1 aliphatic rings. The summed E-state index contributed by atoms with van der Waals surface area (Å²) < 4.78 is 2.87. The van der Waals surface area contributed by atoms with E-state index in [1.54, 1.807) is 6.20 Å². The molecular formula is C25H19BrN4O. The van der Waals surface area contributed by atoms with Crippen LogP contribution in [0.25, 0.3) is 5.70 Å². The van der Waals surface area contributed by atoms with Gasteiger partial charge in [0.2, 0.25) is 0 Å². The molecule has 6 heteroatoms. The van der Waals surface area contributed by atoms with E-state index in [0.717, 1.165) is 27.0 Å². The lowest BCUT2D eigenvalue weighted by molar-refractivity contribution is 0.102. The van der Waals surface area contributed by atoms with Gasteiger partial charge in [0.15, 0.2) is 0 Å². The molecule has 0 unspecified atom stereocenters. The molecule has 0 aliphatic carbocycles. The van der Waals surface area contributed by atoms with Gasteiger partial charge < -0.3 is 10.6 Å². The summed E-state index contributed by atoms with van der Waals surface area (Å²) in [5, 5.41) is 10.9. The molecule has 0 saturated carbocycles. The molecule has 1 amide bonds. The highest BCUT2D eigenvalue weighted by Gasteiger charge is 2.27. The molecule has 5 rings (SSSR count). The first kappa shape index (κ1) is 19.3. The number of amides is 1. The third-order valence-electron chi connectivity index (χ3n) is 5.21. The van der Waals surface area contributed by atoms with Gasteiger partial charge in [0.1, 0.15) is 11.4 Å². The van der Waals surface area contributed by atoms with Gasteiger partial charge in [-0.3, -0.25) is 4.79 Å². The fraction of sp³-hybridized carbons (Fsp3) is 0.0400. The van der Waals surface area contributed by atoms with Gasteiger partial charge in [0.05, 0.1) is 12.2 Å². The number of fused-ring (bicyclic) bond motifs is 1. The predicted octanol–water partition coefficient (Wildman–Crippen LogP) is 5.95. The maximum absolute atomic E-state index is 13.0. The van der Waals surface area contributed by atoms with Crippen molar-refractivity contribution in [1.82, 2.24) is 9.78 Å². The summed E-state index contributed by atoms with van der Waals surface area (Å²) >= 11 is 3.49. The van der Waals surface area contributed by atoms with Crippen molar-refractivity contribution in [2.24, 2.45) is 0 Å². The second kappa shape index (κ2) is 8.24. The molecule has 31 heavy (non-hydrogen) atoms. The first-order chi connectivity index (χ1) is 15.2. The highest BCUT2D eigenvalue weighted by Crippen LogP contribution is 2.35. The highest BCUT2D eigenvalue weighted by atomic mass is 79.9. The number of hydrogen-bond donors (Lipinski definition) is 2. The van der Waals surface area contributed by atoms with Gasteiger partial charge in [-0.25, -0.2) is 4.68 Å². The van der Waals surface area contributed by atoms with Gasteiger partial charge in [-0.15, -0.1) is 0 Å². The van der Waals surface area contributed by atoms with E-state index in [4.69, 9.17) is 0 Å². The van der Waals surface area contributed by atoms with Crippen LogP contribution in [0.4, 0.5) is 11.5 Å². The minimum atomic E-state index is -0.205. The van der Waals surface area contributed by atoms with E-state index in [1.807, 2.05) is 77.5 Å². The minimum Gasteiger partial charge on any atom is -0.339 e. The predicted molar refractivity (Wildman–Crippen MR) is 127 cm³/mol. The molecule has 5 nitrogen and oxygen atoms in total. The molecule has 0 radical (unpaired) electrons. The maximum Gasteiger partial charge on any atom is 0.261 e. The van der Waals surface area contributed by atoms with Crippen molar-refractivity contribution in [3.63, 3.8) is 0 Å². The number of hydrogen-bond acceptors (Lipinski definition) is 3. The Labute approximate surface area is 188 Å². The van der Waals surface area contributed by atoms with Crippen LogP contribution in [0.1, 0.15) is 27.5 Å². The van der Waals surface area contributed by atoms with Crippen molar-refractivity contribution >= 4 is 39.0 Å². The second-order valence-corrected chi connectivity index (χ2v) is 8.16. The van der Waals surface area contributed by atoms with Crippen LogP contribution in [0, 0.1) is 0 Å². The number of rotatable bonds is 4. The van der Waals surface area contributed by atoms with Crippen molar-refractivity contribution in [2.45, 2.75) is 6.04 Å². The summed E-state index contributed by atoms with van der Waals surface area (Å²) in [5.41, 5.74) is 4.30. The van der Waals surface area contributed by atoms with Crippen LogP contribution in [0.3, 0.4) is 0 Å². The summed E-state index contributed by atoms with van der Waals surface area (Å²) in [6, 6.07) is 27.5. The summed E-state index contributed by atoms with van der Waals surface area (Å²) in [7, 11) is 0. The molecule has 2 N–H and O–H groups in total. The topological polar surface area (TPSA) is 59.0 Å². The Kier molecular flexibility index (Phi) is 5.14. The van der Waals surface area contributed by atoms with Crippen molar-refractivity contribution in [3.8, 4) is 0 Å². The van der Waals surface area contributed by atoms with Crippen LogP contribution in [0.2, 0.25) is 0 Å². The molecule has 3 aromatic carbocycles. The fourth-order valence-electron chi connectivity index (χ4n) is 3.67. The van der Waals surface area contributed by atoms with Gasteiger partial charge in [-0.2, -0.15) is 5.10 Å². The lowest BCUT2D eigenvalue weighted by Crippen LogP contribution is -2.22. The van der Waals surface area contributed by atoms with Crippen molar-refractivity contribution in [2.75, 3.05) is 10.6 Å². The van der Waals surface area contributed by atoms with Crippen LogP contribution in [-0.2, 0) is 0 Å². The van der Waals surface area contributed by atoms with Crippen molar-refractivity contribution in [3.05, 3.63) is 118 Å². The number of nitrogens with one attached hydrogen (secondary N) is 2. The number of halogens is 1. The molecule has 152 valence electrons. The summed E-state index contributed by atoms with van der Waals surface area (Å²) in [6.07, 6.45) is 3.76. The molecule has 4 aromatic rings. The quantitative estimate of drug-likeness (QED) is 0.387. The molecule has 1 atom stereocenters. The van der Waals surface area contributed by atoms with E-state index in [1.165, 1.54) is 0 Å². The van der Waals surface area contributed by atoms with Crippen LogP contribution in [0.5, 0.6) is 0 Å². The summed E-state index contributed by atoms with van der Waals surface area (Å²) in [5.74, 6) is 0.464. The van der Waals surface area contributed by atoms with Gasteiger partial charge in [-0.05, 0) is 41.5 Å². The normalized spacial score (nSPS) is 14.9. The Morgan fingerprint density at radius 3 is 2.32 bits per heavy atom. The van der Waals surface area contributed by atoms with Gasteiger partial charge in [0, 0.05) is 15.9 Å². The Balaban J connectivity index is 1.56. The van der Waals surface area contributed by atoms with E-state index in [2.05, 4.69) is 49.9 Å². The van der Waals surface area contributed by atoms with E-state index >= 15 is 0 Å². The number of carbonyl (C=O) groups is 1. The first-order valence-electron chi connectivity index (χ1n) is 9.93. The average Bonchev–Trinajstić information content (AvgIpc) is 3.24. The number of nitrogens with zero attached hydrogens (tertiary/aromatic N) is 2. The second-order valence-electron chi connectivity index (χ2n) is 7.24. The van der Waals surface area contributed by atoms with Crippen molar-refractivity contribution < 1.29 is 4.79 Å². The SMILES string of the molecule is O=C(Nc1ccccc1)c1cnn2c1NC(c1ccc(Br)cc1)=C[C@@H]2c1ccccc1. The Morgan fingerprint density at radius 2 is 1.61 bits per heavy atom. The molecule has 0 spiro atoms. The van der Waals surface area contributed by atoms with E-state index in [9.17, 15) is 4.79 Å². The Bertz CT molecular complexity index is 1250. The number of carbonyl (C=O) groups excluding carboxylic acids is 1. The average molecular weight is 471 g/mol. The van der Waals surface area contributed by atoms with E-state index < -0.39 is 0 Å². The van der Waals surface area contributed by atoms with E-state index in [-0.39, 0.29) is 11.9 Å². The molecule has 2 heterocycles. The summed E-state index contributed by atoms with van der Waals surface area (Å²) in [6.45, 7) is 0. The molecule has 0 bridgehead atoms. The fourth-order valence-corrected chi connectivity index (χ4v) is 3.93. The lowest BCUT2D eigenvalue weighted by Gasteiger charge is -2.26. The third-order valence-corrected chi connectivity index (χ3v) is 5.74. The first-order valence-corrected chi connectivity index (χ1v) is 10.7. The molecule has 1 aliphatic heterocycles. The molecule has 1 aromatic heterocycles. The smallest absolute Gasteiger partial charge is 0.261 e. The van der Waals surface area contributed by atoms with Gasteiger partial charge in [-0.1, -0.05) is 76.6 Å². The zero-order chi connectivity index (χ0) is 21.2. The van der Waals surface area contributed by atoms with Crippen LogP contribution in [-0.4, -0.2) is 15.7 Å². The third kappa shape index (κ3) is 3.90. The Hall–Kier alpha value is -3.64. The van der Waals surface area contributed by atoms with Crippen LogP contribution < -0.4 is 10.6 Å². The van der Waals surface area contributed by atoms with Crippen molar-refractivity contribution in [1.29, 1.82) is 0 Å². The molecular weight excluding hydrogens is 452 g/mol. The number of anilines is 2. The van der Waals surface area contributed by atoms with E-state index in [0.29, 0.717) is 11.4 Å². The van der Waals surface area contributed by atoms with Crippen LogP contribution >= 0.6 is 15.9 Å². The molecule has 0 fully saturated rings. The number of allylic oxidation sites excluding steroid dienone is 1. The number of para-hydroxylation sites is 1. The van der Waals surface area contributed by atoms with Gasteiger partial charge >= 0.3 is 0 Å². The Morgan fingerprint density at radius 1 is 0.935 bits per heavy atom. The van der Waals surface area contributed by atoms with Gasteiger partial charge in [0.25, 0.3) is 5.91 Å². The largest absolute Gasteiger partial charge is 0.339 e. The number of aromatic nitrogens is 2. The van der Waals surface area contributed by atoms with Crippen LogP contribution in [0.15, 0.2) is 102 Å². The summed E-state index contributed by atoms with van der Waals surface area (Å²) in [4.78, 5) is 13.0. The molecule has 0 saturated heterocycles. The minimum absolute atomic E-state index is 0.130.